The van der Waals surface area contributed by atoms with Gasteiger partial charge in [0, 0.05) is 0 Å². The zero-order valence-electron chi connectivity index (χ0n) is 13.9. The molecule has 2 aliphatic carbocycles. The fourth-order valence-corrected chi connectivity index (χ4v) is 12.1. The number of halogens is 2. The van der Waals surface area contributed by atoms with E-state index in [1.165, 1.54) is 36.8 Å². The van der Waals surface area contributed by atoms with Crippen LogP contribution in [0.25, 0.3) is 12.2 Å². The van der Waals surface area contributed by atoms with E-state index in [2.05, 4.69) is 60.7 Å². The van der Waals surface area contributed by atoms with Crippen molar-refractivity contribution in [1.82, 2.24) is 0 Å². The predicted octanol–water partition coefficient (Wildman–Crippen LogP) is -0.750. The van der Waals surface area contributed by atoms with Gasteiger partial charge in [0.1, 0.15) is 0 Å². The SMILES string of the molecule is C1=C2CCC3=Cc4ccccc4[C]34CC[C]2([Zr+2]4)c2ccccc21.[Cl-].[Cl-]. The van der Waals surface area contributed by atoms with Crippen LogP contribution in [0.1, 0.15) is 47.9 Å². The molecule has 2 aromatic carbocycles. The van der Waals surface area contributed by atoms with Gasteiger partial charge in [0.15, 0.2) is 0 Å². The topological polar surface area (TPSA) is 0 Å². The minimum Gasteiger partial charge on any atom is -1.00 e. The van der Waals surface area contributed by atoms with Crippen LogP contribution < -0.4 is 24.8 Å². The molecule has 0 aromatic heterocycles. The molecule has 2 aromatic rings. The van der Waals surface area contributed by atoms with Crippen molar-refractivity contribution in [2.24, 2.45) is 0 Å². The zero-order valence-corrected chi connectivity index (χ0v) is 17.8. The molecule has 0 radical (unpaired) electrons. The van der Waals surface area contributed by atoms with E-state index < -0.39 is 23.2 Å². The summed E-state index contributed by atoms with van der Waals surface area (Å²) in [5.41, 5.74) is 10.00. The number of rotatable bonds is 0. The quantitative estimate of drug-likeness (QED) is 0.502. The van der Waals surface area contributed by atoms with Crippen molar-refractivity contribution in [3.05, 3.63) is 81.9 Å². The molecule has 2 spiro atoms. The summed E-state index contributed by atoms with van der Waals surface area (Å²) >= 11 is -0.663. The Bertz CT molecular complexity index is 854. The molecule has 2 heterocycles. The third kappa shape index (κ3) is 2.10. The summed E-state index contributed by atoms with van der Waals surface area (Å²) < 4.78 is 0.986. The summed E-state index contributed by atoms with van der Waals surface area (Å²) in [7, 11) is 0. The molecule has 0 N–H and O–H groups in total. The van der Waals surface area contributed by atoms with E-state index in [9.17, 15) is 0 Å². The molecule has 0 nitrogen and oxygen atoms in total. The van der Waals surface area contributed by atoms with E-state index in [0.717, 1.165) is 0 Å². The monoisotopic (exact) mass is 442 g/mol. The Balaban J connectivity index is 0.000000784. The van der Waals surface area contributed by atoms with Gasteiger partial charge in [-0.1, -0.05) is 0 Å². The maximum absolute atomic E-state index is 2.56. The van der Waals surface area contributed by atoms with E-state index in [1.54, 1.807) is 22.3 Å². The van der Waals surface area contributed by atoms with Crippen molar-refractivity contribution in [1.29, 1.82) is 0 Å². The van der Waals surface area contributed by atoms with Gasteiger partial charge < -0.3 is 24.8 Å². The van der Waals surface area contributed by atoms with Crippen LogP contribution in [0.2, 0.25) is 0 Å². The van der Waals surface area contributed by atoms with E-state index >= 15 is 0 Å². The van der Waals surface area contributed by atoms with Gasteiger partial charge in [0.2, 0.25) is 0 Å². The second kappa shape index (κ2) is 5.95. The maximum Gasteiger partial charge on any atom is -1.00 e. The zero-order chi connectivity index (χ0) is 15.1. The molecule has 2 unspecified atom stereocenters. The third-order valence-corrected chi connectivity index (χ3v) is 12.8. The van der Waals surface area contributed by atoms with Crippen molar-refractivity contribution >= 4 is 12.2 Å². The summed E-state index contributed by atoms with van der Waals surface area (Å²) in [6, 6.07) is 18.5. The van der Waals surface area contributed by atoms with Crippen LogP contribution in [0.3, 0.4) is 0 Å². The summed E-state index contributed by atoms with van der Waals surface area (Å²) in [6.45, 7) is 0. The van der Waals surface area contributed by atoms with Gasteiger partial charge in [0.05, 0.1) is 0 Å². The van der Waals surface area contributed by atoms with Gasteiger partial charge in [-0.25, -0.2) is 0 Å². The summed E-state index contributed by atoms with van der Waals surface area (Å²) in [5.74, 6) is 0. The maximum atomic E-state index is 2.56. The number of benzene rings is 2. The number of fused-ring (bicyclic) bond motifs is 2. The summed E-state index contributed by atoms with van der Waals surface area (Å²) in [4.78, 5) is 0. The normalized spacial score (nSPS) is 29.1. The van der Waals surface area contributed by atoms with Crippen LogP contribution in [-0.2, 0) is 29.5 Å². The largest absolute Gasteiger partial charge is 1.00 e. The molecule has 2 bridgehead atoms. The van der Waals surface area contributed by atoms with Crippen molar-refractivity contribution in [3.63, 3.8) is 0 Å². The Morgan fingerprint density at radius 3 is 1.56 bits per heavy atom. The first-order valence-corrected chi connectivity index (χ1v) is 11.2. The summed E-state index contributed by atoms with van der Waals surface area (Å²) in [5, 5.41) is 0. The van der Waals surface area contributed by atoms with Gasteiger partial charge in [0.25, 0.3) is 0 Å². The van der Waals surface area contributed by atoms with Gasteiger partial charge >= 0.3 is 149 Å². The van der Waals surface area contributed by atoms with E-state index in [-0.39, 0.29) is 24.8 Å². The molecule has 0 saturated carbocycles. The molecule has 2 saturated heterocycles. The van der Waals surface area contributed by atoms with E-state index in [4.69, 9.17) is 0 Å². The van der Waals surface area contributed by atoms with Gasteiger partial charge in [-0.3, -0.25) is 0 Å². The average molecular weight is 445 g/mol. The first-order valence-electron chi connectivity index (χ1n) is 8.72. The Kier molecular flexibility index (Phi) is 4.23. The Hall–Kier alpha value is -0.617. The first kappa shape index (κ1) is 17.8. The van der Waals surface area contributed by atoms with Gasteiger partial charge in [-0.15, -0.1) is 0 Å². The fraction of sp³-hybridized carbons (Fsp3) is 0.273. The smallest absolute Gasteiger partial charge is 1.00 e. The molecule has 2 aliphatic heterocycles. The van der Waals surface area contributed by atoms with Gasteiger partial charge in [-0.05, 0) is 0 Å². The number of hydrogen-bond acceptors (Lipinski definition) is 0. The van der Waals surface area contributed by atoms with Crippen LogP contribution in [0.15, 0.2) is 59.7 Å². The predicted molar refractivity (Wildman–Crippen MR) is 90.7 cm³/mol. The Labute approximate surface area is 173 Å². The standard InChI is InChI=1S/C22H18.2ClH.Zr/c1-3-7-19-15(5-1)13-17-9-10-18-14-16-6-2-4-8-20(16)22(18)12-11-21(17)19;;;/h1-8,13-14H,9-12H2;2*1H;/q;;;+2/p-2. The third-order valence-electron chi connectivity index (χ3n) is 6.56. The van der Waals surface area contributed by atoms with E-state index in [1.807, 2.05) is 0 Å². The van der Waals surface area contributed by atoms with Crippen LogP contribution in [0.4, 0.5) is 0 Å². The van der Waals surface area contributed by atoms with Crippen molar-refractivity contribution in [2.75, 3.05) is 0 Å². The second-order valence-electron chi connectivity index (χ2n) is 7.45. The molecule has 4 aliphatic rings. The van der Waals surface area contributed by atoms with Crippen LogP contribution >= 0.6 is 0 Å². The molecule has 2 fully saturated rings. The fourth-order valence-electron chi connectivity index (χ4n) is 5.58. The molecule has 2 atom stereocenters. The van der Waals surface area contributed by atoms with E-state index in [0.29, 0.717) is 6.25 Å². The van der Waals surface area contributed by atoms with Crippen molar-refractivity contribution in [3.8, 4) is 0 Å². The molecule has 3 heteroatoms. The van der Waals surface area contributed by atoms with Gasteiger partial charge in [-0.2, -0.15) is 0 Å². The summed E-state index contributed by atoms with van der Waals surface area (Å²) in [6.07, 6.45) is 10.5. The average Bonchev–Trinajstić information content (AvgIpc) is 3.19. The minimum atomic E-state index is -0.663. The number of hydrogen-bond donors (Lipinski definition) is 0. The van der Waals surface area contributed by atoms with Crippen LogP contribution in [0, 0.1) is 0 Å². The van der Waals surface area contributed by atoms with Crippen LogP contribution in [0.5, 0.6) is 0 Å². The molecule has 0 amide bonds. The second-order valence-corrected chi connectivity index (χ2v) is 12.3. The molecule has 25 heavy (non-hydrogen) atoms. The van der Waals surface area contributed by atoms with Crippen molar-refractivity contribution < 1.29 is 48.0 Å². The molecule has 124 valence electrons. The minimum absolute atomic E-state index is 0. The number of allylic oxidation sites excluding steroid dienone is 2. The van der Waals surface area contributed by atoms with Crippen LogP contribution in [-0.4, -0.2) is 0 Å². The molecular formula is C22H18Cl2Zr. The Morgan fingerprint density at radius 2 is 1.08 bits per heavy atom. The van der Waals surface area contributed by atoms with Crippen molar-refractivity contribution in [2.45, 2.75) is 31.9 Å². The first-order chi connectivity index (χ1) is 11.3. The molecule has 6 rings (SSSR count). The Morgan fingerprint density at radius 1 is 0.640 bits per heavy atom. The molecular weight excluding hydrogens is 426 g/mol.